The summed E-state index contributed by atoms with van der Waals surface area (Å²) in [4.78, 5) is 22.1. The SMILES string of the molecule is CN(CC(=O)NC1CC1)c1nc(Cl)nc2ccccc12. The molecule has 104 valence electrons. The number of anilines is 1. The summed E-state index contributed by atoms with van der Waals surface area (Å²) in [6, 6.07) is 7.98. The van der Waals surface area contributed by atoms with E-state index in [0.717, 1.165) is 23.7 Å². The Labute approximate surface area is 122 Å². The highest BCUT2D eigenvalue weighted by Crippen LogP contribution is 2.24. The summed E-state index contributed by atoms with van der Waals surface area (Å²) in [5.41, 5.74) is 0.775. The Kier molecular flexibility index (Phi) is 3.44. The number of hydrogen-bond acceptors (Lipinski definition) is 4. The van der Waals surface area contributed by atoms with Gasteiger partial charge in [-0.3, -0.25) is 4.79 Å². The number of rotatable bonds is 4. The quantitative estimate of drug-likeness (QED) is 0.875. The van der Waals surface area contributed by atoms with Crippen molar-refractivity contribution in [2.45, 2.75) is 18.9 Å². The van der Waals surface area contributed by atoms with Gasteiger partial charge in [0.2, 0.25) is 11.2 Å². The number of likely N-dealkylation sites (N-methyl/N-ethyl adjacent to an activating group) is 1. The maximum absolute atomic E-state index is 11.9. The molecule has 3 rings (SSSR count). The van der Waals surface area contributed by atoms with E-state index in [0.29, 0.717) is 11.9 Å². The minimum Gasteiger partial charge on any atom is -0.352 e. The first kappa shape index (κ1) is 13.1. The third-order valence-electron chi connectivity index (χ3n) is 3.24. The van der Waals surface area contributed by atoms with Crippen molar-refractivity contribution in [1.29, 1.82) is 0 Å². The molecule has 1 N–H and O–H groups in total. The number of nitrogens with zero attached hydrogens (tertiary/aromatic N) is 3. The van der Waals surface area contributed by atoms with E-state index in [1.807, 2.05) is 31.3 Å². The standard InChI is InChI=1S/C14H15ClN4O/c1-19(8-12(20)16-9-6-7-9)13-10-4-2-3-5-11(10)17-14(15)18-13/h2-5,9H,6-8H2,1H3,(H,16,20). The average molecular weight is 291 g/mol. The van der Waals surface area contributed by atoms with Gasteiger partial charge in [0.15, 0.2) is 0 Å². The molecule has 20 heavy (non-hydrogen) atoms. The summed E-state index contributed by atoms with van der Waals surface area (Å²) >= 11 is 5.95. The van der Waals surface area contributed by atoms with Crippen LogP contribution in [0, 0.1) is 0 Å². The average Bonchev–Trinajstić information content (AvgIpc) is 3.21. The molecule has 0 unspecified atom stereocenters. The predicted octanol–water partition coefficient (Wildman–Crippen LogP) is 2.00. The minimum absolute atomic E-state index is 0.00816. The molecule has 1 aromatic carbocycles. The second kappa shape index (κ2) is 5.25. The van der Waals surface area contributed by atoms with Crippen LogP contribution in [0.2, 0.25) is 5.28 Å². The maximum Gasteiger partial charge on any atom is 0.239 e. The first-order valence-electron chi connectivity index (χ1n) is 6.56. The molecule has 2 aromatic rings. The van der Waals surface area contributed by atoms with E-state index in [9.17, 15) is 4.79 Å². The molecule has 0 radical (unpaired) electrons. The van der Waals surface area contributed by atoms with Gasteiger partial charge in [-0.2, -0.15) is 4.98 Å². The number of amides is 1. The Morgan fingerprint density at radius 3 is 2.90 bits per heavy atom. The highest BCUT2D eigenvalue weighted by molar-refractivity contribution is 6.28. The minimum atomic E-state index is 0.00816. The monoisotopic (exact) mass is 290 g/mol. The summed E-state index contributed by atoms with van der Waals surface area (Å²) in [6.45, 7) is 0.258. The molecule has 0 spiro atoms. The lowest BCUT2D eigenvalue weighted by Gasteiger charge is -2.19. The largest absolute Gasteiger partial charge is 0.352 e. The van der Waals surface area contributed by atoms with Crippen LogP contribution < -0.4 is 10.2 Å². The van der Waals surface area contributed by atoms with Crippen molar-refractivity contribution in [3.63, 3.8) is 0 Å². The number of carbonyl (C=O) groups excluding carboxylic acids is 1. The van der Waals surface area contributed by atoms with Crippen molar-refractivity contribution in [1.82, 2.24) is 15.3 Å². The number of carbonyl (C=O) groups is 1. The van der Waals surface area contributed by atoms with Gasteiger partial charge in [0.25, 0.3) is 0 Å². The fourth-order valence-electron chi connectivity index (χ4n) is 2.11. The predicted molar refractivity (Wildman–Crippen MR) is 79.0 cm³/mol. The number of hydrogen-bond donors (Lipinski definition) is 1. The second-order valence-corrected chi connectivity index (χ2v) is 5.37. The molecule has 1 aromatic heterocycles. The van der Waals surface area contributed by atoms with E-state index in [-0.39, 0.29) is 17.7 Å². The van der Waals surface area contributed by atoms with Crippen molar-refractivity contribution in [2.75, 3.05) is 18.5 Å². The number of nitrogens with one attached hydrogen (secondary N) is 1. The lowest BCUT2D eigenvalue weighted by Crippen LogP contribution is -2.36. The van der Waals surface area contributed by atoms with Gasteiger partial charge in [0.05, 0.1) is 12.1 Å². The molecule has 1 saturated carbocycles. The number of para-hydroxylation sites is 1. The van der Waals surface area contributed by atoms with Crippen LogP contribution in [0.3, 0.4) is 0 Å². The Morgan fingerprint density at radius 1 is 1.40 bits per heavy atom. The Morgan fingerprint density at radius 2 is 2.15 bits per heavy atom. The van der Waals surface area contributed by atoms with Gasteiger partial charge in [-0.1, -0.05) is 12.1 Å². The maximum atomic E-state index is 11.9. The molecule has 6 heteroatoms. The van der Waals surface area contributed by atoms with Crippen molar-refractivity contribution in [3.8, 4) is 0 Å². The van der Waals surface area contributed by atoms with Gasteiger partial charge >= 0.3 is 0 Å². The highest BCUT2D eigenvalue weighted by Gasteiger charge is 2.24. The van der Waals surface area contributed by atoms with Gasteiger partial charge < -0.3 is 10.2 Å². The third-order valence-corrected chi connectivity index (χ3v) is 3.41. The van der Waals surface area contributed by atoms with E-state index in [1.54, 1.807) is 4.90 Å². The summed E-state index contributed by atoms with van der Waals surface area (Å²) in [7, 11) is 1.83. The van der Waals surface area contributed by atoms with Crippen LogP contribution in [0.4, 0.5) is 5.82 Å². The van der Waals surface area contributed by atoms with Crippen LogP contribution in [0.25, 0.3) is 10.9 Å². The molecule has 1 heterocycles. The van der Waals surface area contributed by atoms with Crippen LogP contribution in [-0.2, 0) is 4.79 Å². The number of benzene rings is 1. The molecular formula is C14H15ClN4O. The summed E-state index contributed by atoms with van der Waals surface area (Å²) in [6.07, 6.45) is 2.16. The topological polar surface area (TPSA) is 58.1 Å². The zero-order valence-electron chi connectivity index (χ0n) is 11.1. The molecular weight excluding hydrogens is 276 g/mol. The van der Waals surface area contributed by atoms with E-state index >= 15 is 0 Å². The van der Waals surface area contributed by atoms with Crippen molar-refractivity contribution in [3.05, 3.63) is 29.5 Å². The van der Waals surface area contributed by atoms with Crippen molar-refractivity contribution in [2.24, 2.45) is 0 Å². The van der Waals surface area contributed by atoms with Crippen molar-refractivity contribution < 1.29 is 4.79 Å². The zero-order valence-corrected chi connectivity index (χ0v) is 11.9. The number of fused-ring (bicyclic) bond motifs is 1. The third kappa shape index (κ3) is 2.82. The molecule has 1 fully saturated rings. The zero-order chi connectivity index (χ0) is 14.1. The molecule has 1 aliphatic rings. The Balaban J connectivity index is 1.86. The van der Waals surface area contributed by atoms with E-state index in [4.69, 9.17) is 11.6 Å². The highest BCUT2D eigenvalue weighted by atomic mass is 35.5. The van der Waals surface area contributed by atoms with Gasteiger partial charge in [-0.25, -0.2) is 4.98 Å². The van der Waals surface area contributed by atoms with Crippen LogP contribution in [0.15, 0.2) is 24.3 Å². The van der Waals surface area contributed by atoms with E-state index in [2.05, 4.69) is 15.3 Å². The first-order valence-corrected chi connectivity index (χ1v) is 6.94. The Bertz CT molecular complexity index is 657. The first-order chi connectivity index (χ1) is 9.63. The van der Waals surface area contributed by atoms with Crippen LogP contribution in [-0.4, -0.2) is 35.5 Å². The smallest absolute Gasteiger partial charge is 0.239 e. The fraction of sp³-hybridized carbons (Fsp3) is 0.357. The lowest BCUT2D eigenvalue weighted by atomic mass is 10.2. The van der Waals surface area contributed by atoms with Gasteiger partial charge in [-0.05, 0) is 36.6 Å². The second-order valence-electron chi connectivity index (χ2n) is 5.03. The summed E-state index contributed by atoms with van der Waals surface area (Å²) in [5.74, 6) is 0.681. The van der Waals surface area contributed by atoms with E-state index in [1.165, 1.54) is 0 Å². The van der Waals surface area contributed by atoms with Gasteiger partial charge in [0, 0.05) is 18.5 Å². The molecule has 1 aliphatic carbocycles. The summed E-state index contributed by atoms with van der Waals surface area (Å²) < 4.78 is 0. The Hall–Kier alpha value is -1.88. The molecule has 0 atom stereocenters. The molecule has 0 saturated heterocycles. The molecule has 5 nitrogen and oxygen atoms in total. The van der Waals surface area contributed by atoms with Crippen LogP contribution in [0.5, 0.6) is 0 Å². The van der Waals surface area contributed by atoms with Gasteiger partial charge in [0.1, 0.15) is 5.82 Å². The lowest BCUT2D eigenvalue weighted by molar-refractivity contribution is -0.119. The number of halogens is 1. The molecule has 1 amide bonds. The van der Waals surface area contributed by atoms with Crippen LogP contribution >= 0.6 is 11.6 Å². The molecule has 0 aliphatic heterocycles. The summed E-state index contributed by atoms with van der Waals surface area (Å²) in [5, 5.41) is 4.04. The van der Waals surface area contributed by atoms with Crippen LogP contribution in [0.1, 0.15) is 12.8 Å². The van der Waals surface area contributed by atoms with Gasteiger partial charge in [-0.15, -0.1) is 0 Å². The normalized spacial score (nSPS) is 14.3. The van der Waals surface area contributed by atoms with E-state index < -0.39 is 0 Å². The number of aromatic nitrogens is 2. The van der Waals surface area contributed by atoms with Crippen molar-refractivity contribution >= 4 is 34.2 Å². The molecule has 0 bridgehead atoms. The fourth-order valence-corrected chi connectivity index (χ4v) is 2.29.